The predicted octanol–water partition coefficient (Wildman–Crippen LogP) is 4.39. The second-order valence-electron chi connectivity index (χ2n) is 5.76. The Labute approximate surface area is 145 Å². The lowest BCUT2D eigenvalue weighted by molar-refractivity contribution is -0.116. The first kappa shape index (κ1) is 16.3. The van der Waals surface area contributed by atoms with Gasteiger partial charge in [0.2, 0.25) is 11.0 Å². The van der Waals surface area contributed by atoms with Gasteiger partial charge in [-0.3, -0.25) is 4.79 Å². The molecule has 122 valence electrons. The van der Waals surface area contributed by atoms with Crippen LogP contribution < -0.4 is 5.32 Å². The molecule has 0 spiro atoms. The van der Waals surface area contributed by atoms with Crippen molar-refractivity contribution in [1.29, 1.82) is 0 Å². The zero-order chi connectivity index (χ0) is 16.9. The molecule has 0 aliphatic heterocycles. The molecule has 3 aromatic rings. The van der Waals surface area contributed by atoms with Gasteiger partial charge in [0, 0.05) is 12.0 Å². The van der Waals surface area contributed by atoms with Crippen LogP contribution >= 0.6 is 11.3 Å². The van der Waals surface area contributed by atoms with Crippen molar-refractivity contribution in [2.24, 2.45) is 0 Å². The van der Waals surface area contributed by atoms with Gasteiger partial charge < -0.3 is 5.32 Å². The lowest BCUT2D eigenvalue weighted by Crippen LogP contribution is -2.12. The Hall–Kier alpha value is -2.53. The predicted molar refractivity (Wildman–Crippen MR) is 98.2 cm³/mol. The van der Waals surface area contributed by atoms with Gasteiger partial charge in [-0.1, -0.05) is 65.4 Å². The molecule has 5 heteroatoms. The van der Waals surface area contributed by atoms with Crippen molar-refractivity contribution in [3.8, 4) is 10.6 Å². The van der Waals surface area contributed by atoms with Crippen LogP contribution in [-0.2, 0) is 11.2 Å². The molecule has 0 bridgehead atoms. The van der Waals surface area contributed by atoms with Gasteiger partial charge in [-0.2, -0.15) is 0 Å². The fraction of sp³-hybridized carbons (Fsp3) is 0.211. The highest BCUT2D eigenvalue weighted by Gasteiger charge is 2.10. The topological polar surface area (TPSA) is 54.9 Å². The van der Waals surface area contributed by atoms with Crippen molar-refractivity contribution < 1.29 is 4.79 Å². The number of aryl methyl sites for hydroxylation is 3. The summed E-state index contributed by atoms with van der Waals surface area (Å²) < 4.78 is 0. The first-order valence-electron chi connectivity index (χ1n) is 7.87. The van der Waals surface area contributed by atoms with Crippen LogP contribution in [-0.4, -0.2) is 16.1 Å². The summed E-state index contributed by atoms with van der Waals surface area (Å²) in [6, 6.07) is 16.1. The van der Waals surface area contributed by atoms with Crippen LogP contribution in [0.5, 0.6) is 0 Å². The van der Waals surface area contributed by atoms with E-state index < -0.39 is 0 Å². The van der Waals surface area contributed by atoms with Gasteiger partial charge in [-0.25, -0.2) is 0 Å². The highest BCUT2D eigenvalue weighted by atomic mass is 32.1. The first-order valence-corrected chi connectivity index (χ1v) is 8.68. The van der Waals surface area contributed by atoms with Gasteiger partial charge >= 0.3 is 0 Å². The standard InChI is InChI=1S/C19H19N3OS/c1-13-8-9-15(14(2)12-13)10-11-17(23)20-19-22-21-18(24-19)16-6-4-3-5-7-16/h3-9,12H,10-11H2,1-2H3,(H,20,22,23). The summed E-state index contributed by atoms with van der Waals surface area (Å²) in [6.07, 6.45) is 1.16. The highest BCUT2D eigenvalue weighted by Crippen LogP contribution is 2.26. The van der Waals surface area contributed by atoms with Crippen molar-refractivity contribution in [1.82, 2.24) is 10.2 Å². The van der Waals surface area contributed by atoms with Gasteiger partial charge in [-0.15, -0.1) is 10.2 Å². The van der Waals surface area contributed by atoms with Gasteiger partial charge in [0.25, 0.3) is 0 Å². The molecule has 0 radical (unpaired) electrons. The number of benzene rings is 2. The summed E-state index contributed by atoms with van der Waals surface area (Å²) in [5.74, 6) is -0.0364. The normalized spacial score (nSPS) is 10.6. The van der Waals surface area contributed by atoms with Crippen molar-refractivity contribution >= 4 is 22.4 Å². The smallest absolute Gasteiger partial charge is 0.226 e. The monoisotopic (exact) mass is 337 g/mol. The molecule has 4 nitrogen and oxygen atoms in total. The van der Waals surface area contributed by atoms with E-state index in [2.05, 4.69) is 47.6 Å². The zero-order valence-electron chi connectivity index (χ0n) is 13.7. The van der Waals surface area contributed by atoms with Crippen LogP contribution in [0.25, 0.3) is 10.6 Å². The molecule has 0 aliphatic rings. The third-order valence-electron chi connectivity index (χ3n) is 3.81. The van der Waals surface area contributed by atoms with Crippen LogP contribution in [0, 0.1) is 13.8 Å². The number of carbonyl (C=O) groups excluding carboxylic acids is 1. The third kappa shape index (κ3) is 4.06. The number of carbonyl (C=O) groups is 1. The first-order chi connectivity index (χ1) is 11.6. The summed E-state index contributed by atoms with van der Waals surface area (Å²) in [5.41, 5.74) is 4.68. The zero-order valence-corrected chi connectivity index (χ0v) is 14.6. The molecule has 3 rings (SSSR count). The van der Waals surface area contributed by atoms with E-state index in [-0.39, 0.29) is 5.91 Å². The van der Waals surface area contributed by atoms with E-state index in [1.807, 2.05) is 30.3 Å². The lowest BCUT2D eigenvalue weighted by Gasteiger charge is -2.06. The number of aromatic nitrogens is 2. The highest BCUT2D eigenvalue weighted by molar-refractivity contribution is 7.18. The second kappa shape index (κ2) is 7.36. The summed E-state index contributed by atoms with van der Waals surface area (Å²) in [5, 5.41) is 12.4. The number of anilines is 1. The molecule has 1 amide bonds. The van der Waals surface area contributed by atoms with E-state index in [0.717, 1.165) is 17.0 Å². The van der Waals surface area contributed by atoms with E-state index in [4.69, 9.17) is 0 Å². The Morgan fingerprint density at radius 3 is 2.62 bits per heavy atom. The van der Waals surface area contributed by atoms with Crippen molar-refractivity contribution in [3.05, 3.63) is 65.2 Å². The van der Waals surface area contributed by atoms with Crippen molar-refractivity contribution in [3.63, 3.8) is 0 Å². The number of nitrogens with one attached hydrogen (secondary N) is 1. The lowest BCUT2D eigenvalue weighted by atomic mass is 10.0. The van der Waals surface area contributed by atoms with E-state index in [9.17, 15) is 4.79 Å². The molecule has 1 aromatic heterocycles. The van der Waals surface area contributed by atoms with Crippen molar-refractivity contribution in [2.75, 3.05) is 5.32 Å². The maximum absolute atomic E-state index is 12.1. The Morgan fingerprint density at radius 2 is 1.88 bits per heavy atom. The largest absolute Gasteiger partial charge is 0.301 e. The fourth-order valence-corrected chi connectivity index (χ4v) is 3.29. The quantitative estimate of drug-likeness (QED) is 0.751. The number of hydrogen-bond donors (Lipinski definition) is 1. The SMILES string of the molecule is Cc1ccc(CCC(=O)Nc2nnc(-c3ccccc3)s2)c(C)c1. The molecule has 0 saturated heterocycles. The van der Waals surface area contributed by atoms with Gasteiger partial charge in [0.15, 0.2) is 0 Å². The Kier molecular flexibility index (Phi) is 5.01. The second-order valence-corrected chi connectivity index (χ2v) is 6.73. The average Bonchev–Trinajstić information content (AvgIpc) is 3.03. The number of nitrogens with zero attached hydrogens (tertiary/aromatic N) is 2. The van der Waals surface area contributed by atoms with Crippen LogP contribution in [0.15, 0.2) is 48.5 Å². The number of hydrogen-bond acceptors (Lipinski definition) is 4. The molecule has 0 atom stereocenters. The molecule has 0 aliphatic carbocycles. The Bertz CT molecular complexity index is 843. The summed E-state index contributed by atoms with van der Waals surface area (Å²) in [4.78, 5) is 12.1. The molecule has 0 saturated carbocycles. The van der Waals surface area contributed by atoms with Crippen LogP contribution in [0.1, 0.15) is 23.1 Å². The van der Waals surface area contributed by atoms with Gasteiger partial charge in [0.1, 0.15) is 5.01 Å². The molecular formula is C19H19N3OS. The molecule has 0 unspecified atom stereocenters. The molecular weight excluding hydrogens is 318 g/mol. The van der Waals surface area contributed by atoms with E-state index in [0.29, 0.717) is 11.6 Å². The molecule has 0 fully saturated rings. The third-order valence-corrected chi connectivity index (χ3v) is 4.70. The minimum atomic E-state index is -0.0364. The van der Waals surface area contributed by atoms with Crippen LogP contribution in [0.2, 0.25) is 0 Å². The maximum Gasteiger partial charge on any atom is 0.226 e. The number of rotatable bonds is 5. The molecule has 1 heterocycles. The fourth-order valence-electron chi connectivity index (χ4n) is 2.53. The number of amides is 1. The van der Waals surface area contributed by atoms with Crippen LogP contribution in [0.4, 0.5) is 5.13 Å². The summed E-state index contributed by atoms with van der Waals surface area (Å²) >= 11 is 1.39. The average molecular weight is 337 g/mol. The van der Waals surface area contributed by atoms with Gasteiger partial charge in [0.05, 0.1) is 0 Å². The minimum Gasteiger partial charge on any atom is -0.301 e. The Morgan fingerprint density at radius 1 is 1.08 bits per heavy atom. The summed E-state index contributed by atoms with van der Waals surface area (Å²) in [7, 11) is 0. The van der Waals surface area contributed by atoms with Gasteiger partial charge in [-0.05, 0) is 31.4 Å². The maximum atomic E-state index is 12.1. The van der Waals surface area contributed by atoms with E-state index in [1.165, 1.54) is 28.0 Å². The van der Waals surface area contributed by atoms with E-state index >= 15 is 0 Å². The van der Waals surface area contributed by atoms with Crippen LogP contribution in [0.3, 0.4) is 0 Å². The minimum absolute atomic E-state index is 0.0364. The molecule has 1 N–H and O–H groups in total. The Balaban J connectivity index is 1.58. The van der Waals surface area contributed by atoms with E-state index in [1.54, 1.807) is 0 Å². The van der Waals surface area contributed by atoms with Crippen molar-refractivity contribution in [2.45, 2.75) is 26.7 Å². The summed E-state index contributed by atoms with van der Waals surface area (Å²) in [6.45, 7) is 4.15. The molecule has 24 heavy (non-hydrogen) atoms. The molecule has 2 aromatic carbocycles.